The number of amides is 1. The third kappa shape index (κ3) is 5.47. The van der Waals surface area contributed by atoms with E-state index in [2.05, 4.69) is 16.9 Å². The zero-order valence-electron chi connectivity index (χ0n) is 20.3. The van der Waals surface area contributed by atoms with Gasteiger partial charge in [0.1, 0.15) is 5.75 Å². The summed E-state index contributed by atoms with van der Waals surface area (Å²) in [5.74, 6) is 0.229. The number of ether oxygens (including phenoxy) is 1. The summed E-state index contributed by atoms with van der Waals surface area (Å²) in [6, 6.07) is 10.6. The van der Waals surface area contributed by atoms with Crippen molar-refractivity contribution in [3.05, 3.63) is 58.7 Å². The molecule has 2 aromatic rings. The Morgan fingerprint density at radius 1 is 0.971 bits per heavy atom. The number of carbonyl (C=O) groups is 1. The van der Waals surface area contributed by atoms with E-state index in [1.807, 2.05) is 17.9 Å². The molecular formula is C27H36N2O4S. The number of rotatable bonds is 7. The number of hydrogen-bond donors (Lipinski definition) is 1. The Morgan fingerprint density at radius 3 is 2.35 bits per heavy atom. The molecule has 34 heavy (non-hydrogen) atoms. The Morgan fingerprint density at radius 2 is 1.68 bits per heavy atom. The number of sulfonamides is 1. The lowest BCUT2D eigenvalue weighted by Crippen LogP contribution is -2.33. The number of aryl methyl sites for hydroxylation is 2. The van der Waals surface area contributed by atoms with Gasteiger partial charge in [0.15, 0.2) is 0 Å². The highest BCUT2D eigenvalue weighted by atomic mass is 32.2. The Labute approximate surface area is 203 Å². The first-order valence-electron chi connectivity index (χ1n) is 12.5. The maximum atomic E-state index is 13.4. The zero-order valence-corrected chi connectivity index (χ0v) is 21.1. The van der Waals surface area contributed by atoms with Gasteiger partial charge in [0.25, 0.3) is 5.91 Å². The predicted octanol–water partition coefficient (Wildman–Crippen LogP) is 5.02. The number of nitrogens with zero attached hydrogens (tertiary/aromatic N) is 1. The molecule has 0 spiro atoms. The van der Waals surface area contributed by atoms with E-state index >= 15 is 0 Å². The van der Waals surface area contributed by atoms with Crippen molar-refractivity contribution in [2.24, 2.45) is 0 Å². The fourth-order valence-electron chi connectivity index (χ4n) is 5.08. The third-order valence-electron chi connectivity index (χ3n) is 7.09. The summed E-state index contributed by atoms with van der Waals surface area (Å²) < 4.78 is 35.1. The van der Waals surface area contributed by atoms with Crippen LogP contribution in [-0.2, 0) is 22.9 Å². The fraction of sp³-hybridized carbons (Fsp3) is 0.519. The Bertz CT molecular complexity index is 1120. The van der Waals surface area contributed by atoms with Gasteiger partial charge >= 0.3 is 0 Å². The summed E-state index contributed by atoms with van der Waals surface area (Å²) in [5, 5.41) is 0. The normalized spacial score (nSPS) is 17.5. The van der Waals surface area contributed by atoms with Crippen molar-refractivity contribution in [3.8, 4) is 5.75 Å². The van der Waals surface area contributed by atoms with Crippen molar-refractivity contribution in [1.82, 2.24) is 9.62 Å². The van der Waals surface area contributed by atoms with Gasteiger partial charge in [-0.25, -0.2) is 13.1 Å². The maximum Gasteiger partial charge on any atom is 0.257 e. The van der Waals surface area contributed by atoms with E-state index in [-0.39, 0.29) is 16.8 Å². The topological polar surface area (TPSA) is 75.7 Å². The molecule has 4 rings (SSSR count). The lowest BCUT2D eigenvalue weighted by molar-refractivity contribution is 0.0758. The second-order valence-corrected chi connectivity index (χ2v) is 11.1. The second-order valence-electron chi connectivity index (χ2n) is 9.39. The molecule has 1 fully saturated rings. The van der Waals surface area contributed by atoms with Crippen molar-refractivity contribution < 1.29 is 17.9 Å². The Kier molecular flexibility index (Phi) is 7.94. The first-order valence-corrected chi connectivity index (χ1v) is 14.0. The molecule has 2 aliphatic rings. The van der Waals surface area contributed by atoms with Gasteiger partial charge in [-0.3, -0.25) is 4.79 Å². The van der Waals surface area contributed by atoms with Crippen molar-refractivity contribution in [1.29, 1.82) is 0 Å². The van der Waals surface area contributed by atoms with Crippen LogP contribution in [0.25, 0.3) is 0 Å². The molecule has 7 heteroatoms. The molecule has 1 amide bonds. The van der Waals surface area contributed by atoms with Gasteiger partial charge in [0.05, 0.1) is 17.6 Å². The molecule has 184 valence electrons. The van der Waals surface area contributed by atoms with Gasteiger partial charge in [-0.15, -0.1) is 0 Å². The van der Waals surface area contributed by atoms with Gasteiger partial charge in [0, 0.05) is 19.1 Å². The summed E-state index contributed by atoms with van der Waals surface area (Å²) in [4.78, 5) is 15.2. The molecule has 2 aromatic carbocycles. The molecule has 6 nitrogen and oxygen atoms in total. The SMILES string of the molecule is CC[C@H](NS(=O)(=O)c1ccc(OC)c(C(=O)N2CCCCCC2)c1)c1ccc2c(c1)CCCC2. The molecule has 0 radical (unpaired) electrons. The Balaban J connectivity index is 1.59. The van der Waals surface area contributed by atoms with Gasteiger partial charge in [-0.1, -0.05) is 38.0 Å². The maximum absolute atomic E-state index is 13.4. The molecule has 0 saturated carbocycles. The first-order chi connectivity index (χ1) is 16.4. The standard InChI is InChI=1S/C27H36N2O4S/c1-3-25(22-13-12-20-10-6-7-11-21(20)18-22)28-34(31,32)23-14-15-26(33-2)24(19-23)27(30)29-16-8-4-5-9-17-29/h12-15,18-19,25,28H,3-11,16-17H2,1-2H3/t25-/m0/s1. The molecule has 1 N–H and O–H groups in total. The summed E-state index contributed by atoms with van der Waals surface area (Å²) in [7, 11) is -2.33. The van der Waals surface area contributed by atoms with E-state index < -0.39 is 10.0 Å². The number of likely N-dealkylation sites (tertiary alicyclic amines) is 1. The highest BCUT2D eigenvalue weighted by molar-refractivity contribution is 7.89. The minimum Gasteiger partial charge on any atom is -0.496 e. The minimum atomic E-state index is -3.84. The van der Waals surface area contributed by atoms with Crippen LogP contribution < -0.4 is 9.46 Å². The van der Waals surface area contributed by atoms with Crippen LogP contribution in [0.15, 0.2) is 41.3 Å². The lowest BCUT2D eigenvalue weighted by atomic mass is 9.89. The van der Waals surface area contributed by atoms with Crippen LogP contribution >= 0.6 is 0 Å². The van der Waals surface area contributed by atoms with Crippen LogP contribution in [-0.4, -0.2) is 39.4 Å². The molecule has 1 heterocycles. The molecule has 1 atom stereocenters. The number of fused-ring (bicyclic) bond motifs is 1. The average molecular weight is 485 g/mol. The van der Waals surface area contributed by atoms with E-state index in [9.17, 15) is 13.2 Å². The summed E-state index contributed by atoms with van der Waals surface area (Å²) in [5.41, 5.74) is 3.99. The summed E-state index contributed by atoms with van der Waals surface area (Å²) >= 11 is 0. The van der Waals surface area contributed by atoms with Crippen LogP contribution in [0.5, 0.6) is 5.75 Å². The van der Waals surface area contributed by atoms with E-state index in [0.29, 0.717) is 30.8 Å². The number of nitrogens with one attached hydrogen (secondary N) is 1. The molecule has 0 aromatic heterocycles. The minimum absolute atomic E-state index is 0.0860. The van der Waals surface area contributed by atoms with Gasteiger partial charge in [0.2, 0.25) is 10.0 Å². The van der Waals surface area contributed by atoms with Crippen molar-refractivity contribution in [3.63, 3.8) is 0 Å². The third-order valence-corrected chi connectivity index (χ3v) is 8.55. The highest BCUT2D eigenvalue weighted by Gasteiger charge is 2.26. The van der Waals surface area contributed by atoms with Crippen molar-refractivity contribution >= 4 is 15.9 Å². The molecular weight excluding hydrogens is 448 g/mol. The summed E-state index contributed by atoms with van der Waals surface area (Å²) in [6.07, 6.45) is 9.32. The second kappa shape index (κ2) is 10.9. The van der Waals surface area contributed by atoms with E-state index in [1.54, 1.807) is 6.07 Å². The molecule has 1 aliphatic carbocycles. The van der Waals surface area contributed by atoms with Gasteiger partial charge in [-0.05, 0) is 79.8 Å². The molecule has 0 unspecified atom stereocenters. The Hall–Kier alpha value is -2.38. The van der Waals surface area contributed by atoms with E-state index in [0.717, 1.165) is 44.1 Å². The van der Waals surface area contributed by atoms with Crippen LogP contribution in [0.3, 0.4) is 0 Å². The molecule has 0 bridgehead atoms. The van der Waals surface area contributed by atoms with Crippen molar-refractivity contribution in [2.75, 3.05) is 20.2 Å². The van der Waals surface area contributed by atoms with Crippen LogP contribution in [0.4, 0.5) is 0 Å². The van der Waals surface area contributed by atoms with E-state index in [4.69, 9.17) is 4.74 Å². The summed E-state index contributed by atoms with van der Waals surface area (Å²) in [6.45, 7) is 3.36. The van der Waals surface area contributed by atoms with Crippen LogP contribution in [0.1, 0.15) is 85.0 Å². The monoisotopic (exact) mass is 484 g/mol. The lowest BCUT2D eigenvalue weighted by Gasteiger charge is -2.23. The zero-order chi connectivity index (χ0) is 24.1. The van der Waals surface area contributed by atoms with Gasteiger partial charge < -0.3 is 9.64 Å². The van der Waals surface area contributed by atoms with E-state index in [1.165, 1.54) is 43.2 Å². The first kappa shape index (κ1) is 24.7. The fourth-order valence-corrected chi connectivity index (χ4v) is 6.41. The average Bonchev–Trinajstić information content (AvgIpc) is 3.16. The number of benzene rings is 2. The van der Waals surface area contributed by atoms with Crippen LogP contribution in [0, 0.1) is 0 Å². The number of carbonyl (C=O) groups excluding carboxylic acids is 1. The smallest absolute Gasteiger partial charge is 0.257 e. The van der Waals surface area contributed by atoms with Gasteiger partial charge in [-0.2, -0.15) is 0 Å². The number of hydrogen-bond acceptors (Lipinski definition) is 4. The number of methoxy groups -OCH3 is 1. The largest absolute Gasteiger partial charge is 0.496 e. The predicted molar refractivity (Wildman–Crippen MR) is 134 cm³/mol. The van der Waals surface area contributed by atoms with Crippen LogP contribution in [0.2, 0.25) is 0 Å². The molecule has 1 saturated heterocycles. The quantitative estimate of drug-likeness (QED) is 0.599. The molecule has 1 aliphatic heterocycles. The van der Waals surface area contributed by atoms with Crippen molar-refractivity contribution in [2.45, 2.75) is 75.6 Å². The highest BCUT2D eigenvalue weighted by Crippen LogP contribution is 2.29.